The molecule has 0 saturated carbocycles. The van der Waals surface area contributed by atoms with Gasteiger partial charge in [-0.15, -0.1) is 0 Å². The lowest BCUT2D eigenvalue weighted by Gasteiger charge is -2.26. The zero-order valence-corrected chi connectivity index (χ0v) is 26.8. The van der Waals surface area contributed by atoms with Crippen molar-refractivity contribution in [2.45, 2.75) is 44.7 Å². The van der Waals surface area contributed by atoms with Crippen LogP contribution >= 0.6 is 11.8 Å². The molecule has 0 saturated heterocycles. The molecular formula is C31H44O8SSi. The number of rotatable bonds is 20. The van der Waals surface area contributed by atoms with Crippen LogP contribution in [0.4, 0.5) is 0 Å². The van der Waals surface area contributed by atoms with E-state index in [2.05, 4.69) is 27.0 Å². The summed E-state index contributed by atoms with van der Waals surface area (Å²) in [5.74, 6) is 2.45. The topological polar surface area (TPSA) is 89.5 Å². The van der Waals surface area contributed by atoms with Crippen molar-refractivity contribution in [3.05, 3.63) is 72.3 Å². The van der Waals surface area contributed by atoms with Crippen molar-refractivity contribution in [1.82, 2.24) is 0 Å². The van der Waals surface area contributed by atoms with E-state index >= 15 is 0 Å². The molecule has 0 aliphatic rings. The third kappa shape index (κ3) is 12.3. The second kappa shape index (κ2) is 17.9. The van der Waals surface area contributed by atoms with Gasteiger partial charge in [0, 0.05) is 31.5 Å². The number of carbonyl (C=O) groups is 2. The molecule has 0 radical (unpaired) electrons. The van der Waals surface area contributed by atoms with E-state index in [0.29, 0.717) is 18.8 Å². The minimum Gasteiger partial charge on any atom is -0.490 e. The van der Waals surface area contributed by atoms with Crippen molar-refractivity contribution in [3.63, 3.8) is 0 Å². The zero-order valence-electron chi connectivity index (χ0n) is 24.9. The number of thioether (sulfide) groups is 1. The second-order valence-corrected chi connectivity index (χ2v) is 14.8. The predicted molar refractivity (Wildman–Crippen MR) is 165 cm³/mol. The lowest BCUT2D eigenvalue weighted by molar-refractivity contribution is -0.143. The van der Waals surface area contributed by atoms with Gasteiger partial charge in [-0.1, -0.05) is 44.7 Å². The van der Waals surface area contributed by atoms with Crippen molar-refractivity contribution >= 4 is 32.3 Å². The number of hydrogen-bond acceptors (Lipinski definition) is 9. The summed E-state index contributed by atoms with van der Waals surface area (Å²) < 4.78 is 32.6. The van der Waals surface area contributed by atoms with Crippen molar-refractivity contribution in [2.75, 3.05) is 52.2 Å². The highest BCUT2D eigenvalue weighted by Crippen LogP contribution is 2.33. The highest BCUT2D eigenvalue weighted by atomic mass is 32.2. The quantitative estimate of drug-likeness (QED) is 0.0791. The normalized spacial score (nSPS) is 11.5. The Hall–Kier alpha value is -2.79. The molecule has 0 aliphatic heterocycles. The third-order valence-corrected chi connectivity index (χ3v) is 10.8. The van der Waals surface area contributed by atoms with E-state index in [0.717, 1.165) is 46.9 Å². The summed E-state index contributed by atoms with van der Waals surface area (Å²) in [6.45, 7) is 10.7. The van der Waals surface area contributed by atoms with Crippen LogP contribution in [0, 0.1) is 0 Å². The van der Waals surface area contributed by atoms with Gasteiger partial charge < -0.3 is 27.8 Å². The molecule has 0 amide bonds. The first-order chi connectivity index (χ1) is 19.6. The number of hydrogen-bond donors (Lipinski definition) is 0. The Bertz CT molecular complexity index is 1070. The molecular weight excluding hydrogens is 560 g/mol. The fourth-order valence-electron chi connectivity index (χ4n) is 3.89. The third-order valence-electron chi connectivity index (χ3n) is 6.76. The first kappa shape index (κ1) is 34.4. The Morgan fingerprint density at radius 1 is 0.829 bits per heavy atom. The van der Waals surface area contributed by atoms with Gasteiger partial charge in [-0.05, 0) is 60.2 Å². The van der Waals surface area contributed by atoms with E-state index in [1.807, 2.05) is 48.5 Å². The minimum absolute atomic E-state index is 0.167. The molecule has 2 aromatic carbocycles. The largest absolute Gasteiger partial charge is 0.490 e. The van der Waals surface area contributed by atoms with E-state index in [1.54, 1.807) is 26.0 Å². The van der Waals surface area contributed by atoms with Crippen LogP contribution in [-0.2, 0) is 33.3 Å². The molecule has 8 nitrogen and oxygen atoms in total. The van der Waals surface area contributed by atoms with Gasteiger partial charge in [0.1, 0.15) is 37.9 Å². The average molecular weight is 605 g/mol. The maximum atomic E-state index is 12.0. The Morgan fingerprint density at radius 2 is 1.34 bits per heavy atom. The van der Waals surface area contributed by atoms with E-state index in [9.17, 15) is 9.59 Å². The van der Waals surface area contributed by atoms with Crippen LogP contribution in [0.25, 0.3) is 0 Å². The SMILES string of the molecule is C=CC(=O)OCCOc1ccc(C(C)(C)c2ccc(OCCOC(=O)CCSCCC[Si](C)(OC)OC)cc2)cc1. The van der Waals surface area contributed by atoms with E-state index in [-0.39, 0.29) is 31.2 Å². The van der Waals surface area contributed by atoms with Crippen molar-refractivity contribution < 1.29 is 37.4 Å². The molecule has 0 aliphatic carbocycles. The first-order valence-electron chi connectivity index (χ1n) is 13.7. The van der Waals surface area contributed by atoms with Gasteiger partial charge in [0.25, 0.3) is 0 Å². The van der Waals surface area contributed by atoms with Crippen molar-refractivity contribution in [3.8, 4) is 11.5 Å². The molecule has 0 atom stereocenters. The lowest BCUT2D eigenvalue weighted by atomic mass is 9.78. The summed E-state index contributed by atoms with van der Waals surface area (Å²) in [4.78, 5) is 23.1. The standard InChI is InChI=1S/C31H44O8SSi/c1-7-29(32)38-20-18-36-27-13-9-25(10-14-27)31(2,3)26-11-15-28(16-12-26)37-19-21-39-30(33)17-23-40-22-8-24-41(6,34-4)35-5/h7,9-16H,1,8,17-24H2,2-6H3. The van der Waals surface area contributed by atoms with Crippen LogP contribution < -0.4 is 9.47 Å². The molecule has 10 heteroatoms. The lowest BCUT2D eigenvalue weighted by Crippen LogP contribution is -2.35. The Balaban J connectivity index is 1.67. The molecule has 226 valence electrons. The van der Waals surface area contributed by atoms with Gasteiger partial charge in [0.05, 0.1) is 6.42 Å². The van der Waals surface area contributed by atoms with Gasteiger partial charge in [0.15, 0.2) is 0 Å². The first-order valence-corrected chi connectivity index (χ1v) is 17.4. The molecule has 2 aromatic rings. The van der Waals surface area contributed by atoms with Gasteiger partial charge in [-0.3, -0.25) is 4.79 Å². The van der Waals surface area contributed by atoms with Gasteiger partial charge >= 0.3 is 20.5 Å². The Kier molecular flexibility index (Phi) is 15.0. The molecule has 0 N–H and O–H groups in total. The highest BCUT2D eigenvalue weighted by Gasteiger charge is 2.27. The molecule has 0 fully saturated rings. The number of carbonyl (C=O) groups excluding carboxylic acids is 2. The van der Waals surface area contributed by atoms with Gasteiger partial charge in [0.2, 0.25) is 0 Å². The summed E-state index contributed by atoms with van der Waals surface area (Å²) in [5.41, 5.74) is 2.03. The van der Waals surface area contributed by atoms with Crippen LogP contribution in [-0.4, -0.2) is 72.7 Å². The summed E-state index contributed by atoms with van der Waals surface area (Å²) in [6.07, 6.45) is 2.52. The maximum Gasteiger partial charge on any atom is 0.334 e. The second-order valence-electron chi connectivity index (χ2n) is 9.97. The molecule has 0 bridgehead atoms. The highest BCUT2D eigenvalue weighted by molar-refractivity contribution is 7.99. The fourth-order valence-corrected chi connectivity index (χ4v) is 6.40. The van der Waals surface area contributed by atoms with Crippen LogP contribution in [0.5, 0.6) is 11.5 Å². The summed E-state index contributed by atoms with van der Waals surface area (Å²) in [5, 5.41) is 0. The van der Waals surface area contributed by atoms with Crippen molar-refractivity contribution in [2.24, 2.45) is 0 Å². The zero-order chi connectivity index (χ0) is 30.1. The van der Waals surface area contributed by atoms with Crippen LogP contribution in [0.1, 0.15) is 37.8 Å². The van der Waals surface area contributed by atoms with E-state index in [4.69, 9.17) is 27.8 Å². The monoisotopic (exact) mass is 604 g/mol. The Labute approximate surface area is 249 Å². The molecule has 0 heterocycles. The number of benzene rings is 2. The average Bonchev–Trinajstić information content (AvgIpc) is 2.99. The number of esters is 2. The molecule has 0 unspecified atom stereocenters. The smallest absolute Gasteiger partial charge is 0.334 e. The van der Waals surface area contributed by atoms with Crippen LogP contribution in [0.15, 0.2) is 61.2 Å². The summed E-state index contributed by atoms with van der Waals surface area (Å²) in [7, 11) is 1.40. The van der Waals surface area contributed by atoms with Gasteiger partial charge in [-0.25, -0.2) is 4.79 Å². The maximum absolute atomic E-state index is 12.0. The molecule has 0 spiro atoms. The number of ether oxygens (including phenoxy) is 4. The van der Waals surface area contributed by atoms with Crippen molar-refractivity contribution in [1.29, 1.82) is 0 Å². The molecule has 2 rings (SSSR count). The predicted octanol–water partition coefficient (Wildman–Crippen LogP) is 5.92. The summed E-state index contributed by atoms with van der Waals surface area (Å²) in [6, 6.07) is 16.8. The fraction of sp³-hybridized carbons (Fsp3) is 0.484. The van der Waals surface area contributed by atoms with E-state index in [1.165, 1.54) is 0 Å². The van der Waals surface area contributed by atoms with Crippen LogP contribution in [0.2, 0.25) is 12.6 Å². The van der Waals surface area contributed by atoms with Crippen LogP contribution in [0.3, 0.4) is 0 Å². The van der Waals surface area contributed by atoms with Gasteiger partial charge in [-0.2, -0.15) is 11.8 Å². The van der Waals surface area contributed by atoms with E-state index < -0.39 is 14.5 Å². The molecule has 41 heavy (non-hydrogen) atoms. The molecule has 0 aromatic heterocycles. The minimum atomic E-state index is -2.00. The Morgan fingerprint density at radius 3 is 1.83 bits per heavy atom. The summed E-state index contributed by atoms with van der Waals surface area (Å²) >= 11 is 1.74.